The van der Waals surface area contributed by atoms with Gasteiger partial charge in [-0.25, -0.2) is 9.69 Å². The highest BCUT2D eigenvalue weighted by Crippen LogP contribution is 2.38. The minimum absolute atomic E-state index is 0.0408. The smallest absolute Gasteiger partial charge is 0.335 e. The molecule has 0 spiro atoms. The molecule has 0 aromatic heterocycles. The van der Waals surface area contributed by atoms with Crippen molar-refractivity contribution < 1.29 is 28.6 Å². The number of benzene rings is 2. The number of anilines is 1. The van der Waals surface area contributed by atoms with E-state index in [0.717, 1.165) is 4.90 Å². The first-order valence-corrected chi connectivity index (χ1v) is 10.9. The van der Waals surface area contributed by atoms with Crippen molar-refractivity contribution in [3.05, 3.63) is 52.0 Å². The van der Waals surface area contributed by atoms with Gasteiger partial charge >= 0.3 is 6.03 Å². The van der Waals surface area contributed by atoms with E-state index in [0.29, 0.717) is 46.2 Å². The summed E-state index contributed by atoms with van der Waals surface area (Å²) in [7, 11) is 0. The number of nitrogens with one attached hydrogen (secondary N) is 1. The molecule has 1 N–H and O–H groups in total. The third-order valence-electron chi connectivity index (χ3n) is 4.45. The van der Waals surface area contributed by atoms with Crippen LogP contribution >= 0.6 is 15.9 Å². The van der Waals surface area contributed by atoms with Gasteiger partial charge < -0.3 is 14.2 Å². The maximum atomic E-state index is 13.1. The minimum atomic E-state index is -0.833. The highest BCUT2D eigenvalue weighted by atomic mass is 79.9. The van der Waals surface area contributed by atoms with Gasteiger partial charge in [0.2, 0.25) is 0 Å². The predicted molar refractivity (Wildman–Crippen MR) is 126 cm³/mol. The van der Waals surface area contributed by atoms with Gasteiger partial charge in [0.05, 0.1) is 23.4 Å². The summed E-state index contributed by atoms with van der Waals surface area (Å²) in [6, 6.07) is 8.85. The summed E-state index contributed by atoms with van der Waals surface area (Å²) in [5, 5.41) is 2.20. The zero-order chi connectivity index (χ0) is 24.0. The summed E-state index contributed by atoms with van der Waals surface area (Å²) in [6.07, 6.45) is 6.65. The molecule has 0 saturated carbocycles. The highest BCUT2D eigenvalue weighted by Gasteiger charge is 2.36. The van der Waals surface area contributed by atoms with E-state index in [2.05, 4.69) is 27.2 Å². The van der Waals surface area contributed by atoms with Crippen molar-refractivity contribution in [1.82, 2.24) is 5.32 Å². The molecule has 0 atom stereocenters. The largest absolute Gasteiger partial charge is 0.494 e. The van der Waals surface area contributed by atoms with Crippen LogP contribution in [-0.4, -0.2) is 37.7 Å². The number of amides is 4. The predicted octanol–water partition coefficient (Wildman–Crippen LogP) is 3.92. The number of carbonyl (C=O) groups is 3. The van der Waals surface area contributed by atoms with E-state index >= 15 is 0 Å². The molecule has 1 aliphatic heterocycles. The van der Waals surface area contributed by atoms with Gasteiger partial charge in [-0.2, -0.15) is 0 Å². The number of carbonyl (C=O) groups excluding carboxylic acids is 3. The van der Waals surface area contributed by atoms with Crippen molar-refractivity contribution in [3.8, 4) is 29.6 Å². The number of imide groups is 2. The van der Waals surface area contributed by atoms with Gasteiger partial charge in [0, 0.05) is 0 Å². The molecule has 8 nitrogen and oxygen atoms in total. The monoisotopic (exact) mass is 512 g/mol. The molecule has 4 amide bonds. The average Bonchev–Trinajstić information content (AvgIpc) is 2.77. The maximum Gasteiger partial charge on any atom is 0.335 e. The number of ether oxygens (including phenoxy) is 3. The van der Waals surface area contributed by atoms with Crippen LogP contribution in [0.3, 0.4) is 0 Å². The van der Waals surface area contributed by atoms with Crippen LogP contribution in [0.4, 0.5) is 10.5 Å². The molecular weight excluding hydrogens is 492 g/mol. The molecule has 9 heteroatoms. The van der Waals surface area contributed by atoms with Gasteiger partial charge in [0.15, 0.2) is 11.5 Å². The lowest BCUT2D eigenvalue weighted by atomic mass is 10.1. The lowest BCUT2D eigenvalue weighted by molar-refractivity contribution is -0.122. The summed E-state index contributed by atoms with van der Waals surface area (Å²) >= 11 is 3.41. The van der Waals surface area contributed by atoms with E-state index in [1.165, 1.54) is 6.08 Å². The Morgan fingerprint density at radius 1 is 1.06 bits per heavy atom. The van der Waals surface area contributed by atoms with Crippen LogP contribution in [0.25, 0.3) is 6.08 Å². The summed E-state index contributed by atoms with van der Waals surface area (Å²) < 4.78 is 17.1. The standard InChI is InChI=1S/C24H21BrN2O6/c1-4-11-33-21-19(25)13-15(14-20(21)32-6-3)12-18-22(28)26-24(30)27(23(18)29)16-7-9-17(10-8-16)31-5-2/h1,7-10,12-14H,5-6,11H2,2-3H3,(H,26,28,30)/b18-12+. The Morgan fingerprint density at radius 3 is 2.39 bits per heavy atom. The average molecular weight is 513 g/mol. The zero-order valence-corrected chi connectivity index (χ0v) is 19.6. The Labute approximate surface area is 199 Å². The first-order valence-electron chi connectivity index (χ1n) is 10.1. The summed E-state index contributed by atoms with van der Waals surface area (Å²) in [5.74, 6) is 2.22. The Kier molecular flexibility index (Phi) is 7.74. The van der Waals surface area contributed by atoms with Crippen LogP contribution in [0.1, 0.15) is 19.4 Å². The van der Waals surface area contributed by atoms with Crippen LogP contribution in [0.5, 0.6) is 17.2 Å². The van der Waals surface area contributed by atoms with Gasteiger partial charge in [-0.15, -0.1) is 6.42 Å². The third kappa shape index (κ3) is 5.35. The van der Waals surface area contributed by atoms with Gasteiger partial charge in [-0.3, -0.25) is 14.9 Å². The molecule has 2 aromatic rings. The number of hydrogen-bond donors (Lipinski definition) is 1. The van der Waals surface area contributed by atoms with Crippen molar-refractivity contribution in [2.75, 3.05) is 24.7 Å². The summed E-state index contributed by atoms with van der Waals surface area (Å²) in [6.45, 7) is 4.54. The third-order valence-corrected chi connectivity index (χ3v) is 5.04. The second-order valence-electron chi connectivity index (χ2n) is 6.64. The van der Waals surface area contributed by atoms with Crippen molar-refractivity contribution in [1.29, 1.82) is 0 Å². The fourth-order valence-corrected chi connectivity index (χ4v) is 3.68. The van der Waals surface area contributed by atoms with E-state index in [9.17, 15) is 14.4 Å². The molecule has 0 bridgehead atoms. The SMILES string of the molecule is C#CCOc1c(Br)cc(/C=C2\C(=O)NC(=O)N(c3ccc(OCC)cc3)C2=O)cc1OCC. The van der Waals surface area contributed by atoms with Crippen molar-refractivity contribution >= 4 is 45.5 Å². The Hall–Kier alpha value is -3.77. The quantitative estimate of drug-likeness (QED) is 0.327. The van der Waals surface area contributed by atoms with Crippen LogP contribution in [0, 0.1) is 12.3 Å². The first kappa shape index (κ1) is 23.9. The van der Waals surface area contributed by atoms with Crippen molar-refractivity contribution in [2.45, 2.75) is 13.8 Å². The molecule has 0 unspecified atom stereocenters. The summed E-state index contributed by atoms with van der Waals surface area (Å²) in [4.78, 5) is 38.9. The van der Waals surface area contributed by atoms with Gasteiger partial charge in [0.25, 0.3) is 11.8 Å². The van der Waals surface area contributed by atoms with E-state index in [4.69, 9.17) is 20.6 Å². The van der Waals surface area contributed by atoms with Crippen molar-refractivity contribution in [3.63, 3.8) is 0 Å². The second-order valence-corrected chi connectivity index (χ2v) is 7.49. The highest BCUT2D eigenvalue weighted by molar-refractivity contribution is 9.10. The lowest BCUT2D eigenvalue weighted by Crippen LogP contribution is -2.54. The fourth-order valence-electron chi connectivity index (χ4n) is 3.10. The molecule has 3 rings (SSSR count). The zero-order valence-electron chi connectivity index (χ0n) is 18.0. The van der Waals surface area contributed by atoms with Crippen LogP contribution in [0.2, 0.25) is 0 Å². The van der Waals surface area contributed by atoms with Crippen LogP contribution in [0.15, 0.2) is 46.4 Å². The number of rotatable bonds is 8. The number of barbiturate groups is 1. The summed E-state index contributed by atoms with van der Waals surface area (Å²) in [5.41, 5.74) is 0.571. The van der Waals surface area contributed by atoms with E-state index in [1.807, 2.05) is 13.8 Å². The molecule has 1 fully saturated rings. The Morgan fingerprint density at radius 2 is 1.76 bits per heavy atom. The first-order chi connectivity index (χ1) is 15.9. The van der Waals surface area contributed by atoms with E-state index < -0.39 is 17.8 Å². The number of urea groups is 1. The number of halogens is 1. The molecule has 1 aliphatic rings. The molecule has 0 radical (unpaired) electrons. The number of hydrogen-bond acceptors (Lipinski definition) is 6. The molecule has 1 saturated heterocycles. The van der Waals surface area contributed by atoms with Gasteiger partial charge in [-0.05, 0) is 77.8 Å². The van der Waals surface area contributed by atoms with Gasteiger partial charge in [-0.1, -0.05) is 5.92 Å². The molecule has 2 aromatic carbocycles. The van der Waals surface area contributed by atoms with Crippen LogP contribution < -0.4 is 24.4 Å². The molecule has 0 aliphatic carbocycles. The van der Waals surface area contributed by atoms with E-state index in [1.54, 1.807) is 36.4 Å². The topological polar surface area (TPSA) is 94.2 Å². The molecular formula is C24H21BrN2O6. The fraction of sp³-hybridized carbons (Fsp3) is 0.208. The van der Waals surface area contributed by atoms with Crippen molar-refractivity contribution in [2.24, 2.45) is 0 Å². The minimum Gasteiger partial charge on any atom is -0.494 e. The lowest BCUT2D eigenvalue weighted by Gasteiger charge is -2.26. The normalized spacial score (nSPS) is 14.7. The van der Waals surface area contributed by atoms with E-state index in [-0.39, 0.29) is 12.2 Å². The van der Waals surface area contributed by atoms with Crippen LogP contribution in [-0.2, 0) is 9.59 Å². The Balaban J connectivity index is 1.98. The number of nitrogens with zero attached hydrogens (tertiary/aromatic N) is 1. The second kappa shape index (κ2) is 10.7. The molecule has 33 heavy (non-hydrogen) atoms. The molecule has 1 heterocycles. The molecule has 170 valence electrons. The Bertz CT molecular complexity index is 1150. The van der Waals surface area contributed by atoms with Gasteiger partial charge in [0.1, 0.15) is 17.9 Å². The maximum absolute atomic E-state index is 13.1. The number of terminal acetylenes is 1.